The second kappa shape index (κ2) is 6.33. The van der Waals surface area contributed by atoms with Crippen LogP contribution in [0.2, 0.25) is 0 Å². The average molecular weight is 356 g/mol. The first kappa shape index (κ1) is 17.2. The number of amides is 1. The molecule has 1 aromatic carbocycles. The van der Waals surface area contributed by atoms with Crippen LogP contribution in [0.25, 0.3) is 0 Å². The molecule has 2 heterocycles. The van der Waals surface area contributed by atoms with Gasteiger partial charge in [0.1, 0.15) is 11.6 Å². The number of hydrogen-bond donors (Lipinski definition) is 0. The number of halogens is 1. The van der Waals surface area contributed by atoms with Gasteiger partial charge in [-0.2, -0.15) is 0 Å². The van der Waals surface area contributed by atoms with E-state index in [0.717, 1.165) is 0 Å². The highest BCUT2D eigenvalue weighted by atomic mass is 32.2. The van der Waals surface area contributed by atoms with Gasteiger partial charge in [-0.1, -0.05) is 0 Å². The number of nitrogens with zero attached hydrogens (tertiary/aromatic N) is 2. The average Bonchev–Trinajstić information content (AvgIpc) is 3.06. The van der Waals surface area contributed by atoms with E-state index in [2.05, 4.69) is 0 Å². The summed E-state index contributed by atoms with van der Waals surface area (Å²) in [6.07, 6.45) is 0. The smallest absolute Gasteiger partial charge is 0.260 e. The largest absolute Gasteiger partial charge is 0.484 e. The number of hydrogen-bond acceptors (Lipinski definition) is 5. The summed E-state index contributed by atoms with van der Waals surface area (Å²) in [4.78, 5) is 15.8. The van der Waals surface area contributed by atoms with E-state index >= 15 is 0 Å². The van der Waals surface area contributed by atoms with Gasteiger partial charge in [0.05, 0.1) is 11.0 Å². The van der Waals surface area contributed by atoms with Gasteiger partial charge in [0.25, 0.3) is 5.91 Å². The van der Waals surface area contributed by atoms with Crippen molar-refractivity contribution in [3.63, 3.8) is 0 Å². The van der Waals surface area contributed by atoms with Gasteiger partial charge in [-0.25, -0.2) is 12.8 Å². The van der Waals surface area contributed by atoms with E-state index in [9.17, 15) is 17.6 Å². The van der Waals surface area contributed by atoms with Crippen LogP contribution in [-0.2, 0) is 14.6 Å². The van der Waals surface area contributed by atoms with E-state index < -0.39 is 15.1 Å². The van der Waals surface area contributed by atoms with Crippen molar-refractivity contribution in [3.05, 3.63) is 30.1 Å². The standard InChI is InChI=1S/C16H21FN2O4S/c1-18(2)14-10-24(21,22)15-8-19(7-13(14)15)16(20)9-23-12-5-3-11(17)4-6-12/h3-6,13-15H,7-10H2,1-2H3/t13-,14-,15-/m0/s1. The van der Waals surface area contributed by atoms with Crippen molar-refractivity contribution in [2.24, 2.45) is 5.92 Å². The van der Waals surface area contributed by atoms with Crippen LogP contribution in [-0.4, -0.2) is 75.0 Å². The monoisotopic (exact) mass is 356 g/mol. The van der Waals surface area contributed by atoms with Crippen LogP contribution in [0.5, 0.6) is 5.75 Å². The first-order valence-electron chi connectivity index (χ1n) is 7.82. The minimum Gasteiger partial charge on any atom is -0.484 e. The molecular weight excluding hydrogens is 335 g/mol. The van der Waals surface area contributed by atoms with Crippen molar-refractivity contribution in [2.75, 3.05) is 39.5 Å². The molecule has 2 aliphatic heterocycles. The number of carbonyl (C=O) groups is 1. The number of sulfone groups is 1. The van der Waals surface area contributed by atoms with E-state index in [1.807, 2.05) is 19.0 Å². The number of fused-ring (bicyclic) bond motifs is 1. The molecule has 24 heavy (non-hydrogen) atoms. The Kier molecular flexibility index (Phi) is 4.52. The lowest BCUT2D eigenvalue weighted by Gasteiger charge is -2.25. The van der Waals surface area contributed by atoms with Crippen LogP contribution in [0, 0.1) is 11.7 Å². The molecule has 0 aromatic heterocycles. The molecular formula is C16H21FN2O4S. The zero-order valence-electron chi connectivity index (χ0n) is 13.7. The summed E-state index contributed by atoms with van der Waals surface area (Å²) in [5.41, 5.74) is 0. The first-order chi connectivity index (χ1) is 11.3. The number of carbonyl (C=O) groups excluding carboxylic acids is 1. The Bertz CT molecular complexity index is 720. The van der Waals surface area contributed by atoms with Crippen molar-refractivity contribution < 1.29 is 22.3 Å². The highest BCUT2D eigenvalue weighted by Crippen LogP contribution is 2.35. The minimum absolute atomic E-state index is 0.0558. The molecule has 2 saturated heterocycles. The molecule has 3 atom stereocenters. The summed E-state index contributed by atoms with van der Waals surface area (Å²) in [5.74, 6) is -0.117. The van der Waals surface area contributed by atoms with E-state index in [1.165, 1.54) is 24.3 Å². The first-order valence-corrected chi connectivity index (χ1v) is 9.53. The number of ether oxygens (including phenoxy) is 1. The SMILES string of the molecule is CN(C)[C@H]1CS(=O)(=O)[C@H]2CN(C(=O)COc3ccc(F)cc3)C[C@@H]12. The van der Waals surface area contributed by atoms with E-state index in [4.69, 9.17) is 4.74 Å². The molecule has 132 valence electrons. The second-order valence-electron chi connectivity index (χ2n) is 6.60. The highest BCUT2D eigenvalue weighted by Gasteiger charge is 2.53. The lowest BCUT2D eigenvalue weighted by Crippen LogP contribution is -2.39. The Labute approximate surface area is 141 Å². The number of rotatable bonds is 4. The van der Waals surface area contributed by atoms with E-state index in [0.29, 0.717) is 12.3 Å². The number of likely N-dealkylation sites (tertiary alicyclic amines) is 1. The fraction of sp³-hybridized carbons (Fsp3) is 0.562. The summed E-state index contributed by atoms with van der Waals surface area (Å²) in [6.45, 7) is 0.471. The van der Waals surface area contributed by atoms with E-state index in [1.54, 1.807) is 4.90 Å². The summed E-state index contributed by atoms with van der Waals surface area (Å²) < 4.78 is 42.8. The summed E-state index contributed by atoms with van der Waals surface area (Å²) in [6, 6.07) is 5.36. The van der Waals surface area contributed by atoms with Gasteiger partial charge in [0.2, 0.25) is 0 Å². The predicted molar refractivity (Wildman–Crippen MR) is 87.0 cm³/mol. The summed E-state index contributed by atoms with van der Waals surface area (Å²) in [5, 5.41) is -0.486. The molecule has 6 nitrogen and oxygen atoms in total. The summed E-state index contributed by atoms with van der Waals surface area (Å²) >= 11 is 0. The lowest BCUT2D eigenvalue weighted by atomic mass is 10.00. The van der Waals surface area contributed by atoms with Gasteiger partial charge in [0, 0.05) is 25.0 Å². The van der Waals surface area contributed by atoms with Crippen molar-refractivity contribution in [1.82, 2.24) is 9.80 Å². The van der Waals surface area contributed by atoms with Gasteiger partial charge in [0.15, 0.2) is 16.4 Å². The van der Waals surface area contributed by atoms with Gasteiger partial charge in [-0.3, -0.25) is 4.79 Å². The molecule has 8 heteroatoms. The molecule has 0 N–H and O–H groups in total. The normalized spacial score (nSPS) is 28.2. The summed E-state index contributed by atoms with van der Waals surface area (Å²) in [7, 11) is 0.557. The molecule has 3 rings (SSSR count). The molecule has 1 amide bonds. The zero-order chi connectivity index (χ0) is 17.5. The molecule has 0 saturated carbocycles. The van der Waals surface area contributed by atoms with Crippen molar-refractivity contribution in [1.29, 1.82) is 0 Å². The third-order valence-electron chi connectivity index (χ3n) is 4.86. The Morgan fingerprint density at radius 3 is 2.58 bits per heavy atom. The zero-order valence-corrected chi connectivity index (χ0v) is 14.5. The topological polar surface area (TPSA) is 66.9 Å². The molecule has 0 unspecified atom stereocenters. The van der Waals surface area contributed by atoms with Crippen LogP contribution in [0.1, 0.15) is 0 Å². The quantitative estimate of drug-likeness (QED) is 0.781. The van der Waals surface area contributed by atoms with Crippen LogP contribution in [0.3, 0.4) is 0 Å². The van der Waals surface area contributed by atoms with Crippen LogP contribution in [0.4, 0.5) is 4.39 Å². The minimum atomic E-state index is -3.17. The van der Waals surface area contributed by atoms with Gasteiger partial charge >= 0.3 is 0 Å². The van der Waals surface area contributed by atoms with Crippen molar-refractivity contribution in [3.8, 4) is 5.75 Å². The third kappa shape index (κ3) is 3.25. The van der Waals surface area contributed by atoms with Crippen molar-refractivity contribution in [2.45, 2.75) is 11.3 Å². The lowest BCUT2D eigenvalue weighted by molar-refractivity contribution is -0.132. The highest BCUT2D eigenvalue weighted by molar-refractivity contribution is 7.92. The van der Waals surface area contributed by atoms with Crippen LogP contribution in [0.15, 0.2) is 24.3 Å². The van der Waals surface area contributed by atoms with Gasteiger partial charge in [-0.05, 0) is 38.4 Å². The maximum atomic E-state index is 12.8. The maximum absolute atomic E-state index is 12.8. The van der Waals surface area contributed by atoms with Crippen LogP contribution < -0.4 is 4.74 Å². The molecule has 2 fully saturated rings. The van der Waals surface area contributed by atoms with Gasteiger partial charge in [-0.15, -0.1) is 0 Å². The fourth-order valence-corrected chi connectivity index (χ4v) is 6.01. The fourth-order valence-electron chi connectivity index (χ4n) is 3.54. The Hall–Kier alpha value is -1.67. The Morgan fingerprint density at radius 1 is 1.29 bits per heavy atom. The Balaban J connectivity index is 1.62. The molecule has 0 bridgehead atoms. The molecule has 1 aromatic rings. The number of benzene rings is 1. The Morgan fingerprint density at radius 2 is 1.96 bits per heavy atom. The molecule has 2 aliphatic rings. The predicted octanol–water partition coefficient (Wildman–Crippen LogP) is 0.390. The van der Waals surface area contributed by atoms with Crippen molar-refractivity contribution >= 4 is 15.7 Å². The molecule has 0 aliphatic carbocycles. The van der Waals surface area contributed by atoms with Crippen LogP contribution >= 0.6 is 0 Å². The maximum Gasteiger partial charge on any atom is 0.260 e. The second-order valence-corrected chi connectivity index (χ2v) is 8.87. The van der Waals surface area contributed by atoms with Gasteiger partial charge < -0.3 is 14.5 Å². The third-order valence-corrected chi connectivity index (χ3v) is 7.09. The molecule has 0 spiro atoms. The van der Waals surface area contributed by atoms with E-state index in [-0.39, 0.29) is 42.6 Å². The molecule has 0 radical (unpaired) electrons.